The maximum atomic E-state index is 11.0. The van der Waals surface area contributed by atoms with Crippen molar-refractivity contribution in [2.75, 3.05) is 18.4 Å². The molecule has 0 heterocycles. The van der Waals surface area contributed by atoms with Crippen molar-refractivity contribution in [1.82, 2.24) is 5.32 Å². The summed E-state index contributed by atoms with van der Waals surface area (Å²) in [5.74, 6) is 0.0264. The van der Waals surface area contributed by atoms with E-state index in [1.54, 1.807) is 19.1 Å². The van der Waals surface area contributed by atoms with E-state index in [0.717, 1.165) is 5.69 Å². The second kappa shape index (κ2) is 5.75. The molecule has 0 radical (unpaired) electrons. The number of ketones is 1. The van der Waals surface area contributed by atoms with Gasteiger partial charge in [-0.2, -0.15) is 0 Å². The van der Waals surface area contributed by atoms with Crippen molar-refractivity contribution in [2.45, 2.75) is 6.92 Å². The van der Waals surface area contributed by atoms with Gasteiger partial charge in [-0.05, 0) is 31.2 Å². The first-order chi connectivity index (χ1) is 7.59. The second-order valence-corrected chi connectivity index (χ2v) is 3.40. The molecule has 5 nitrogen and oxygen atoms in total. The molecule has 1 aromatic carbocycles. The first-order valence-electron chi connectivity index (χ1n) is 5.02. The summed E-state index contributed by atoms with van der Waals surface area (Å²) in [6.45, 7) is 2.79. The Balaban J connectivity index is 2.38. The van der Waals surface area contributed by atoms with E-state index < -0.39 is 0 Å². The highest BCUT2D eigenvalue weighted by Gasteiger charge is 1.98. The lowest BCUT2D eigenvalue weighted by Crippen LogP contribution is -2.33. The van der Waals surface area contributed by atoms with Crippen molar-refractivity contribution < 1.29 is 4.79 Å². The number of rotatable bonds is 5. The average Bonchev–Trinajstić information content (AvgIpc) is 2.25. The number of carbonyl (C=O) groups excluding carboxylic acids is 1. The third-order valence-electron chi connectivity index (χ3n) is 2.06. The van der Waals surface area contributed by atoms with Crippen LogP contribution in [-0.2, 0) is 0 Å². The van der Waals surface area contributed by atoms with Gasteiger partial charge in [-0.3, -0.25) is 10.2 Å². The van der Waals surface area contributed by atoms with E-state index in [4.69, 9.17) is 11.1 Å². The maximum Gasteiger partial charge on any atom is 0.185 e. The Kier molecular flexibility index (Phi) is 4.32. The molecule has 1 rings (SSSR count). The summed E-state index contributed by atoms with van der Waals surface area (Å²) in [5, 5.41) is 12.8. The predicted molar refractivity (Wildman–Crippen MR) is 64.9 cm³/mol. The number of hydrogen-bond donors (Lipinski definition) is 4. The van der Waals surface area contributed by atoms with Crippen LogP contribution in [-0.4, -0.2) is 24.8 Å². The number of benzene rings is 1. The van der Waals surface area contributed by atoms with Gasteiger partial charge in [0, 0.05) is 24.3 Å². The summed E-state index contributed by atoms with van der Waals surface area (Å²) < 4.78 is 0. The van der Waals surface area contributed by atoms with Crippen LogP contribution in [0.3, 0.4) is 0 Å². The zero-order valence-corrected chi connectivity index (χ0v) is 9.21. The molecule has 0 aliphatic rings. The normalized spacial score (nSPS) is 9.56. The summed E-state index contributed by atoms with van der Waals surface area (Å²) >= 11 is 0. The monoisotopic (exact) mass is 220 g/mol. The van der Waals surface area contributed by atoms with Gasteiger partial charge in [-0.15, -0.1) is 0 Å². The van der Waals surface area contributed by atoms with Crippen LogP contribution in [0, 0.1) is 5.41 Å². The van der Waals surface area contributed by atoms with Crippen LogP contribution in [0.5, 0.6) is 0 Å². The highest BCUT2D eigenvalue weighted by Crippen LogP contribution is 2.09. The fourth-order valence-corrected chi connectivity index (χ4v) is 1.23. The Hall–Kier alpha value is -2.04. The van der Waals surface area contributed by atoms with E-state index >= 15 is 0 Å². The topological polar surface area (TPSA) is 91.0 Å². The minimum absolute atomic E-state index is 0.0336. The van der Waals surface area contributed by atoms with Crippen molar-refractivity contribution in [1.29, 1.82) is 5.41 Å². The molecule has 5 N–H and O–H groups in total. The van der Waals surface area contributed by atoms with E-state index in [9.17, 15) is 4.79 Å². The Morgan fingerprint density at radius 2 is 1.94 bits per heavy atom. The highest BCUT2D eigenvalue weighted by molar-refractivity contribution is 5.94. The van der Waals surface area contributed by atoms with E-state index in [2.05, 4.69) is 10.6 Å². The lowest BCUT2D eigenvalue weighted by Gasteiger charge is -2.07. The predicted octanol–water partition coefficient (Wildman–Crippen LogP) is 0.784. The van der Waals surface area contributed by atoms with Gasteiger partial charge in [0.25, 0.3) is 0 Å². The van der Waals surface area contributed by atoms with E-state index in [-0.39, 0.29) is 11.7 Å². The SMILES string of the molecule is CC(=O)c1ccc(NCCNC(=N)N)cc1. The molecular weight excluding hydrogens is 204 g/mol. The van der Waals surface area contributed by atoms with E-state index in [1.807, 2.05) is 12.1 Å². The minimum atomic E-state index is -0.0336. The molecule has 0 bridgehead atoms. The average molecular weight is 220 g/mol. The number of nitrogens with one attached hydrogen (secondary N) is 3. The van der Waals surface area contributed by atoms with Crippen LogP contribution in [0.2, 0.25) is 0 Å². The fraction of sp³-hybridized carbons (Fsp3) is 0.273. The van der Waals surface area contributed by atoms with E-state index in [1.165, 1.54) is 0 Å². The maximum absolute atomic E-state index is 11.0. The molecular formula is C11H16N4O. The zero-order chi connectivity index (χ0) is 12.0. The second-order valence-electron chi connectivity index (χ2n) is 3.40. The van der Waals surface area contributed by atoms with Gasteiger partial charge in [0.1, 0.15) is 0 Å². The molecule has 16 heavy (non-hydrogen) atoms. The minimum Gasteiger partial charge on any atom is -0.383 e. The van der Waals surface area contributed by atoms with Crippen LogP contribution in [0.1, 0.15) is 17.3 Å². The summed E-state index contributed by atoms with van der Waals surface area (Å²) in [5.41, 5.74) is 6.77. The number of carbonyl (C=O) groups is 1. The van der Waals surface area contributed by atoms with Crippen LogP contribution in [0.25, 0.3) is 0 Å². The first kappa shape index (κ1) is 12.0. The van der Waals surface area contributed by atoms with Crippen molar-refractivity contribution >= 4 is 17.4 Å². The number of guanidine groups is 1. The molecule has 0 saturated carbocycles. The molecule has 0 atom stereocenters. The lowest BCUT2D eigenvalue weighted by atomic mass is 10.1. The number of hydrogen-bond acceptors (Lipinski definition) is 3. The van der Waals surface area contributed by atoms with Gasteiger partial charge < -0.3 is 16.4 Å². The van der Waals surface area contributed by atoms with Gasteiger partial charge in [-0.25, -0.2) is 0 Å². The third kappa shape index (κ3) is 4.00. The summed E-state index contributed by atoms with van der Waals surface area (Å²) in [6.07, 6.45) is 0. The Morgan fingerprint density at radius 1 is 1.31 bits per heavy atom. The molecule has 0 spiro atoms. The first-order valence-corrected chi connectivity index (χ1v) is 5.02. The van der Waals surface area contributed by atoms with Crippen molar-refractivity contribution in [3.05, 3.63) is 29.8 Å². The van der Waals surface area contributed by atoms with Gasteiger partial charge in [-0.1, -0.05) is 0 Å². The Labute approximate surface area is 94.5 Å². The van der Waals surface area contributed by atoms with Crippen LogP contribution < -0.4 is 16.4 Å². The van der Waals surface area contributed by atoms with Gasteiger partial charge in [0.15, 0.2) is 11.7 Å². The molecule has 0 fully saturated rings. The quantitative estimate of drug-likeness (QED) is 0.255. The van der Waals surface area contributed by atoms with Gasteiger partial charge in [0.2, 0.25) is 0 Å². The number of nitrogens with two attached hydrogens (primary N) is 1. The van der Waals surface area contributed by atoms with E-state index in [0.29, 0.717) is 18.7 Å². The smallest absolute Gasteiger partial charge is 0.185 e. The molecule has 1 aromatic rings. The Bertz CT molecular complexity index is 372. The van der Waals surface area contributed by atoms with Crippen molar-refractivity contribution in [2.24, 2.45) is 5.73 Å². The standard InChI is InChI=1S/C11H16N4O/c1-8(16)9-2-4-10(5-3-9)14-6-7-15-11(12)13/h2-5,14H,6-7H2,1H3,(H4,12,13,15). The largest absolute Gasteiger partial charge is 0.383 e. The molecule has 0 saturated heterocycles. The molecule has 0 aromatic heterocycles. The highest BCUT2D eigenvalue weighted by atomic mass is 16.1. The molecule has 0 aliphatic heterocycles. The molecule has 5 heteroatoms. The Morgan fingerprint density at radius 3 is 2.44 bits per heavy atom. The molecule has 0 aliphatic carbocycles. The van der Waals surface area contributed by atoms with Crippen LogP contribution in [0.4, 0.5) is 5.69 Å². The molecule has 86 valence electrons. The fourth-order valence-electron chi connectivity index (χ4n) is 1.23. The molecule has 0 unspecified atom stereocenters. The number of Topliss-reactive ketones (excluding diaryl/α,β-unsaturated/α-hetero) is 1. The lowest BCUT2D eigenvalue weighted by molar-refractivity contribution is 0.101. The number of anilines is 1. The summed E-state index contributed by atoms with van der Waals surface area (Å²) in [4.78, 5) is 11.0. The van der Waals surface area contributed by atoms with Crippen molar-refractivity contribution in [3.8, 4) is 0 Å². The van der Waals surface area contributed by atoms with Gasteiger partial charge in [0.05, 0.1) is 0 Å². The summed E-state index contributed by atoms with van der Waals surface area (Å²) in [7, 11) is 0. The van der Waals surface area contributed by atoms with Gasteiger partial charge >= 0.3 is 0 Å². The molecule has 0 amide bonds. The third-order valence-corrected chi connectivity index (χ3v) is 2.06. The summed E-state index contributed by atoms with van der Waals surface area (Å²) in [6, 6.07) is 7.27. The van der Waals surface area contributed by atoms with Crippen molar-refractivity contribution in [3.63, 3.8) is 0 Å². The van der Waals surface area contributed by atoms with Crippen LogP contribution in [0.15, 0.2) is 24.3 Å². The zero-order valence-electron chi connectivity index (χ0n) is 9.21. The van der Waals surface area contributed by atoms with Crippen LogP contribution >= 0.6 is 0 Å².